The van der Waals surface area contributed by atoms with Gasteiger partial charge in [0.25, 0.3) is 10.1 Å². The Morgan fingerprint density at radius 2 is 0.708 bits per heavy atom. The van der Waals surface area contributed by atoms with Gasteiger partial charge in [0.05, 0.1) is 6.61 Å². The Morgan fingerprint density at radius 1 is 0.417 bits per heavy atom. The highest BCUT2D eigenvalue weighted by Gasteiger charge is 2.46. The standard InChI is InChI=1S/C59H114O12S/c1-3-5-7-9-11-13-15-17-19-21-23-25-27-29-31-33-35-37-39-41-43-45-47-54(60)68-49-52(50-69-59-58(64)57(63)56(62)53(71-59)51-72(65,66)67)70-55(61)48-46-44-42-40-38-36-34-32-30-28-26-24-22-20-18-16-14-12-10-8-6-4-2/h52-53,56-59,62-64H,3-51H2,1-2H3,(H,65,66,67). The van der Waals surface area contributed by atoms with Crippen molar-refractivity contribution in [2.75, 3.05) is 19.0 Å². The molecule has 72 heavy (non-hydrogen) atoms. The molecule has 1 aliphatic heterocycles. The summed E-state index contributed by atoms with van der Waals surface area (Å²) in [4.78, 5) is 25.7. The normalized spacial score (nSPS) is 18.7. The van der Waals surface area contributed by atoms with E-state index in [1.807, 2.05) is 0 Å². The monoisotopic (exact) mass is 1050 g/mol. The Hall–Kier alpha value is -1.35. The van der Waals surface area contributed by atoms with Gasteiger partial charge < -0.3 is 34.3 Å². The summed E-state index contributed by atoms with van der Waals surface area (Å²) in [5, 5.41) is 31.1. The maximum Gasteiger partial charge on any atom is 0.306 e. The van der Waals surface area contributed by atoms with Crippen LogP contribution in [0.3, 0.4) is 0 Å². The molecule has 0 spiro atoms. The molecular formula is C59H114O12S. The molecule has 0 saturated carbocycles. The summed E-state index contributed by atoms with van der Waals surface area (Å²) >= 11 is 0. The van der Waals surface area contributed by atoms with Crippen LogP contribution in [-0.4, -0.2) is 96.0 Å². The molecular weight excluding hydrogens is 933 g/mol. The van der Waals surface area contributed by atoms with Crippen molar-refractivity contribution in [2.45, 2.75) is 346 Å². The maximum atomic E-state index is 12.9. The lowest BCUT2D eigenvalue weighted by atomic mass is 10.00. The highest BCUT2D eigenvalue weighted by atomic mass is 32.2. The molecule has 1 fully saturated rings. The number of rotatable bonds is 54. The van der Waals surface area contributed by atoms with E-state index in [0.717, 1.165) is 38.5 Å². The van der Waals surface area contributed by atoms with Crippen LogP contribution in [0, 0.1) is 0 Å². The van der Waals surface area contributed by atoms with Crippen molar-refractivity contribution in [2.24, 2.45) is 0 Å². The minimum absolute atomic E-state index is 0.174. The van der Waals surface area contributed by atoms with E-state index >= 15 is 0 Å². The first-order chi connectivity index (χ1) is 35.0. The van der Waals surface area contributed by atoms with E-state index in [0.29, 0.717) is 12.8 Å². The molecule has 13 heteroatoms. The minimum Gasteiger partial charge on any atom is -0.462 e. The highest BCUT2D eigenvalue weighted by molar-refractivity contribution is 7.85. The molecule has 428 valence electrons. The van der Waals surface area contributed by atoms with Crippen molar-refractivity contribution < 1.29 is 56.8 Å². The van der Waals surface area contributed by atoms with Crippen LogP contribution in [0.25, 0.3) is 0 Å². The summed E-state index contributed by atoms with van der Waals surface area (Å²) in [6.07, 6.45) is 47.2. The van der Waals surface area contributed by atoms with Crippen molar-refractivity contribution in [3.05, 3.63) is 0 Å². The van der Waals surface area contributed by atoms with E-state index in [-0.39, 0.29) is 19.4 Å². The smallest absolute Gasteiger partial charge is 0.306 e. The minimum atomic E-state index is -4.60. The highest BCUT2D eigenvalue weighted by Crippen LogP contribution is 2.24. The van der Waals surface area contributed by atoms with Crippen LogP contribution in [0.15, 0.2) is 0 Å². The zero-order valence-corrected chi connectivity index (χ0v) is 47.4. The lowest BCUT2D eigenvalue weighted by Crippen LogP contribution is -2.60. The Labute approximate surface area is 442 Å². The molecule has 1 aliphatic rings. The topological polar surface area (TPSA) is 186 Å². The van der Waals surface area contributed by atoms with Crippen molar-refractivity contribution in [3.8, 4) is 0 Å². The lowest BCUT2D eigenvalue weighted by molar-refractivity contribution is -0.297. The third-order valence-corrected chi connectivity index (χ3v) is 15.4. The van der Waals surface area contributed by atoms with Gasteiger partial charge in [-0.2, -0.15) is 8.42 Å². The first-order valence-electron chi connectivity index (χ1n) is 30.6. The second-order valence-corrected chi connectivity index (χ2v) is 23.2. The van der Waals surface area contributed by atoms with Gasteiger partial charge in [-0.15, -0.1) is 0 Å². The quantitative estimate of drug-likeness (QED) is 0.0257. The van der Waals surface area contributed by atoms with Crippen LogP contribution in [0.2, 0.25) is 0 Å². The van der Waals surface area contributed by atoms with Gasteiger partial charge in [0.15, 0.2) is 12.4 Å². The van der Waals surface area contributed by atoms with E-state index in [4.69, 9.17) is 18.9 Å². The van der Waals surface area contributed by atoms with Crippen LogP contribution in [0.5, 0.6) is 0 Å². The largest absolute Gasteiger partial charge is 0.462 e. The summed E-state index contributed by atoms with van der Waals surface area (Å²) in [7, 11) is -4.60. The van der Waals surface area contributed by atoms with Gasteiger partial charge in [-0.05, 0) is 12.8 Å². The fourth-order valence-corrected chi connectivity index (χ4v) is 10.7. The van der Waals surface area contributed by atoms with E-state index in [2.05, 4.69) is 13.8 Å². The van der Waals surface area contributed by atoms with Crippen molar-refractivity contribution in [1.29, 1.82) is 0 Å². The zero-order chi connectivity index (χ0) is 52.6. The summed E-state index contributed by atoms with van der Waals surface area (Å²) in [6.45, 7) is 3.85. The number of hydrogen-bond donors (Lipinski definition) is 4. The summed E-state index contributed by atoms with van der Waals surface area (Å²) in [6, 6.07) is 0. The third-order valence-electron chi connectivity index (χ3n) is 14.7. The van der Waals surface area contributed by atoms with E-state index in [1.165, 1.54) is 231 Å². The van der Waals surface area contributed by atoms with Crippen LogP contribution >= 0.6 is 0 Å². The Bertz CT molecular complexity index is 1320. The first-order valence-corrected chi connectivity index (χ1v) is 32.2. The van der Waals surface area contributed by atoms with Gasteiger partial charge in [-0.1, -0.05) is 284 Å². The number of hydrogen-bond acceptors (Lipinski definition) is 11. The van der Waals surface area contributed by atoms with E-state index in [9.17, 15) is 37.9 Å². The van der Waals surface area contributed by atoms with Crippen molar-refractivity contribution in [3.63, 3.8) is 0 Å². The molecule has 0 aromatic carbocycles. The Kier molecular flexibility index (Phi) is 47.0. The van der Waals surface area contributed by atoms with Crippen molar-refractivity contribution in [1.82, 2.24) is 0 Å². The van der Waals surface area contributed by atoms with Gasteiger partial charge in [-0.3, -0.25) is 14.1 Å². The van der Waals surface area contributed by atoms with Gasteiger partial charge in [0, 0.05) is 12.8 Å². The second-order valence-electron chi connectivity index (χ2n) is 21.7. The fourth-order valence-electron chi connectivity index (χ4n) is 9.98. The first kappa shape index (κ1) is 68.7. The molecule has 0 aromatic rings. The molecule has 0 aromatic heterocycles. The molecule has 0 aliphatic carbocycles. The molecule has 4 N–H and O–H groups in total. The molecule has 6 unspecified atom stereocenters. The summed E-state index contributed by atoms with van der Waals surface area (Å²) < 4.78 is 54.5. The lowest BCUT2D eigenvalue weighted by Gasteiger charge is -2.40. The van der Waals surface area contributed by atoms with Gasteiger partial charge in [0.2, 0.25) is 0 Å². The molecule has 1 rings (SSSR count). The third kappa shape index (κ3) is 42.8. The van der Waals surface area contributed by atoms with Gasteiger partial charge in [-0.25, -0.2) is 0 Å². The second kappa shape index (κ2) is 49.2. The summed E-state index contributed by atoms with van der Waals surface area (Å²) in [5.74, 6) is -1.95. The Morgan fingerprint density at radius 3 is 1.01 bits per heavy atom. The number of esters is 2. The maximum absolute atomic E-state index is 12.9. The van der Waals surface area contributed by atoms with E-state index in [1.54, 1.807) is 0 Å². The predicted molar refractivity (Wildman–Crippen MR) is 294 cm³/mol. The average molecular weight is 1050 g/mol. The number of aliphatic hydroxyl groups excluding tert-OH is 3. The number of carbonyl (C=O) groups is 2. The van der Waals surface area contributed by atoms with Crippen LogP contribution < -0.4 is 0 Å². The fraction of sp³-hybridized carbons (Fsp3) is 0.966. The van der Waals surface area contributed by atoms with Crippen LogP contribution in [-0.2, 0) is 38.7 Å². The molecule has 0 radical (unpaired) electrons. The number of carbonyl (C=O) groups excluding carboxylic acids is 2. The molecule has 6 atom stereocenters. The number of ether oxygens (including phenoxy) is 4. The molecule has 12 nitrogen and oxygen atoms in total. The number of unbranched alkanes of at least 4 members (excludes halogenated alkanes) is 42. The average Bonchev–Trinajstić information content (AvgIpc) is 3.35. The van der Waals surface area contributed by atoms with Crippen LogP contribution in [0.1, 0.15) is 309 Å². The summed E-state index contributed by atoms with van der Waals surface area (Å²) in [5.41, 5.74) is 0. The van der Waals surface area contributed by atoms with Crippen LogP contribution in [0.4, 0.5) is 0 Å². The Balaban J connectivity index is 2.26. The predicted octanol–water partition coefficient (Wildman–Crippen LogP) is 15.1. The molecule has 0 bridgehead atoms. The van der Waals surface area contributed by atoms with Crippen molar-refractivity contribution >= 4 is 22.1 Å². The molecule has 0 amide bonds. The molecule has 1 heterocycles. The van der Waals surface area contributed by atoms with Gasteiger partial charge in [0.1, 0.15) is 36.8 Å². The molecule has 1 saturated heterocycles. The SMILES string of the molecule is CCCCCCCCCCCCCCCCCCCCCCCCC(=O)OCC(COC1OC(CS(=O)(=O)O)C(O)C(O)C1O)OC(=O)CCCCCCCCCCCCCCCCCCCCCCCC. The number of aliphatic hydroxyl groups is 3. The van der Waals surface area contributed by atoms with Gasteiger partial charge >= 0.3 is 11.9 Å². The van der Waals surface area contributed by atoms with E-state index < -0.39 is 71.2 Å². The zero-order valence-electron chi connectivity index (χ0n) is 46.6.